The zero-order chi connectivity index (χ0) is 14.3. The molecule has 0 bridgehead atoms. The molecule has 0 heterocycles. The summed E-state index contributed by atoms with van der Waals surface area (Å²) in [6.07, 6.45) is 0. The largest absolute Gasteiger partial charge is 4.00 e. The Bertz CT molecular complexity index is 162. The first kappa shape index (κ1) is 36.6. The van der Waals surface area contributed by atoms with Crippen molar-refractivity contribution in [1.82, 2.24) is 0 Å². The second kappa shape index (κ2) is 31.1. The standard InChI is InChI=1S/4HO3P.2Ti/c4*1-4(2)3;;/h4*(H,1,2,3);;/q;;;;2*+4/p-4. The third-order valence-electron chi connectivity index (χ3n) is 0. The maximum atomic E-state index is 8.48. The first-order valence-corrected chi connectivity index (χ1v) is 6.57. The molecule has 0 aromatic carbocycles. The van der Waals surface area contributed by atoms with Gasteiger partial charge in [0, 0.05) is 0 Å². The Balaban J connectivity index is -0.0000000257. The van der Waals surface area contributed by atoms with Crippen LogP contribution in [0.4, 0.5) is 0 Å². The Morgan fingerprint density at radius 1 is 0.389 bits per heavy atom. The van der Waals surface area contributed by atoms with Crippen LogP contribution in [0.5, 0.6) is 0 Å². The van der Waals surface area contributed by atoms with Gasteiger partial charge in [0.2, 0.25) is 0 Å². The van der Waals surface area contributed by atoms with E-state index in [-0.39, 0.29) is 43.4 Å². The average Bonchev–Trinajstić information content (AvgIpc) is 1.76. The van der Waals surface area contributed by atoms with E-state index in [4.69, 9.17) is 57.4 Å². The molecule has 0 unspecified atom stereocenters. The minimum Gasteiger partial charge on any atom is -0.598 e. The van der Waals surface area contributed by atoms with Crippen molar-refractivity contribution < 1.29 is 101 Å². The summed E-state index contributed by atoms with van der Waals surface area (Å²) in [7, 11) is -13.5. The normalized spacial score (nSPS) is 5.78. The van der Waals surface area contributed by atoms with Crippen LogP contribution in [0.15, 0.2) is 0 Å². The molecule has 18 heavy (non-hydrogen) atoms. The Hall–Kier alpha value is 1.51. The molecule has 96 valence electrons. The third-order valence-corrected chi connectivity index (χ3v) is 0. The average molecular weight is 412 g/mol. The molecule has 0 atom stereocenters. The molecule has 18 heteroatoms. The fourth-order valence-electron chi connectivity index (χ4n) is 0. The van der Waals surface area contributed by atoms with E-state index in [2.05, 4.69) is 0 Å². The van der Waals surface area contributed by atoms with Crippen LogP contribution in [0.2, 0.25) is 0 Å². The van der Waals surface area contributed by atoms with Crippen molar-refractivity contribution in [2.24, 2.45) is 0 Å². The van der Waals surface area contributed by atoms with E-state index in [1.165, 1.54) is 0 Å². The van der Waals surface area contributed by atoms with Gasteiger partial charge in [-0.25, -0.2) is 0 Å². The fraction of sp³-hybridized carbons (Fsp3) is 0. The molecule has 0 rings (SSSR count). The summed E-state index contributed by atoms with van der Waals surface area (Å²) in [6.45, 7) is 0. The maximum Gasteiger partial charge on any atom is 4.00 e. The monoisotopic (exact) mass is 412 g/mol. The molecule has 0 spiro atoms. The van der Waals surface area contributed by atoms with Gasteiger partial charge >= 0.3 is 43.4 Å². The van der Waals surface area contributed by atoms with Gasteiger partial charge in [-0.1, -0.05) is 18.3 Å². The zero-order valence-corrected chi connectivity index (χ0v) is 14.4. The van der Waals surface area contributed by atoms with Crippen LogP contribution in [-0.2, 0) is 61.7 Å². The molecule has 0 amide bonds. The van der Waals surface area contributed by atoms with Gasteiger partial charge in [-0.2, -0.15) is 0 Å². The number of hydrogen-bond acceptors (Lipinski definition) is 12. The Morgan fingerprint density at radius 2 is 0.389 bits per heavy atom. The summed E-state index contributed by atoms with van der Waals surface area (Å²) in [4.78, 5) is 67.9. The van der Waals surface area contributed by atoms with Gasteiger partial charge < -0.3 is 39.1 Å². The Kier molecular flexibility index (Phi) is 63.3. The van der Waals surface area contributed by atoms with E-state index >= 15 is 0 Å². The topological polar surface area (TPSA) is 253 Å². The fourth-order valence-corrected chi connectivity index (χ4v) is 0. The first-order chi connectivity index (χ1) is 6.93. The Labute approximate surface area is 133 Å². The van der Waals surface area contributed by atoms with Crippen molar-refractivity contribution in [1.29, 1.82) is 0 Å². The molecule has 0 N–H and O–H groups in total. The van der Waals surface area contributed by atoms with Crippen molar-refractivity contribution >= 4 is 33.0 Å². The number of hydrogen-bond donors (Lipinski definition) is 0. The van der Waals surface area contributed by atoms with E-state index in [0.29, 0.717) is 0 Å². The zero-order valence-electron chi connectivity index (χ0n) is 7.69. The molecular weight excluding hydrogens is 412 g/mol. The minimum atomic E-state index is -3.37. The summed E-state index contributed by atoms with van der Waals surface area (Å²) in [5.74, 6) is 0. The van der Waals surface area contributed by atoms with Crippen LogP contribution in [0.25, 0.3) is 0 Å². The molecule has 0 fully saturated rings. The van der Waals surface area contributed by atoms with Crippen LogP contribution >= 0.6 is 33.0 Å². The van der Waals surface area contributed by atoms with Gasteiger partial charge in [0.1, 0.15) is 0 Å². The smallest absolute Gasteiger partial charge is 0.598 e. The third kappa shape index (κ3) is 2100. The first-order valence-electron chi connectivity index (χ1n) is 2.19. The predicted octanol–water partition coefficient (Wildman–Crippen LogP) is -6.55. The van der Waals surface area contributed by atoms with E-state index in [1.807, 2.05) is 0 Å². The van der Waals surface area contributed by atoms with E-state index in [0.717, 1.165) is 0 Å². The second-order valence-corrected chi connectivity index (χ2v) is 2.68. The molecule has 0 aliphatic rings. The molecule has 0 aromatic rings. The van der Waals surface area contributed by atoms with Crippen LogP contribution in [0, 0.1) is 0 Å². The van der Waals surface area contributed by atoms with E-state index in [1.54, 1.807) is 0 Å². The van der Waals surface area contributed by atoms with Gasteiger partial charge in [0.25, 0.3) is 33.0 Å². The molecule has 0 saturated heterocycles. The van der Waals surface area contributed by atoms with Crippen molar-refractivity contribution in [3.8, 4) is 0 Å². The van der Waals surface area contributed by atoms with Crippen LogP contribution in [-0.4, -0.2) is 0 Å². The Morgan fingerprint density at radius 3 is 0.389 bits per heavy atom. The van der Waals surface area contributed by atoms with Gasteiger partial charge in [-0.3, -0.25) is 0 Å². The molecule has 0 aromatic heterocycles. The molecule has 12 nitrogen and oxygen atoms in total. The maximum absolute atomic E-state index is 8.48. The summed E-state index contributed by atoms with van der Waals surface area (Å²) < 4.78 is 33.9. The summed E-state index contributed by atoms with van der Waals surface area (Å²) in [6, 6.07) is 0. The second-order valence-electron chi connectivity index (χ2n) is 0.894. The molecular formula is O12P4Ti2+4. The van der Waals surface area contributed by atoms with Crippen molar-refractivity contribution in [3.63, 3.8) is 0 Å². The van der Waals surface area contributed by atoms with E-state index < -0.39 is 33.0 Å². The molecule has 0 aliphatic heterocycles. The van der Waals surface area contributed by atoms with Crippen molar-refractivity contribution in [2.75, 3.05) is 0 Å². The molecule has 0 radical (unpaired) electrons. The van der Waals surface area contributed by atoms with Crippen LogP contribution in [0.3, 0.4) is 0 Å². The SMILES string of the molecule is O=[P+]([O-])[O-].O=[P+]([O-])[O-].O=[P+]([O-])[O-].O=[P+]([O-])[O-].[Ti+4].[Ti+4]. The van der Waals surface area contributed by atoms with Gasteiger partial charge in [0.15, 0.2) is 0 Å². The predicted molar refractivity (Wildman–Crippen MR) is 30.4 cm³/mol. The van der Waals surface area contributed by atoms with Crippen molar-refractivity contribution in [2.45, 2.75) is 0 Å². The van der Waals surface area contributed by atoms with Gasteiger partial charge in [-0.15, -0.1) is 0 Å². The summed E-state index contributed by atoms with van der Waals surface area (Å²) in [5.41, 5.74) is 0. The van der Waals surface area contributed by atoms with Crippen molar-refractivity contribution in [3.05, 3.63) is 0 Å². The number of rotatable bonds is 0. The quantitative estimate of drug-likeness (QED) is 0.266. The van der Waals surface area contributed by atoms with Crippen LogP contribution < -0.4 is 39.1 Å². The van der Waals surface area contributed by atoms with E-state index in [9.17, 15) is 0 Å². The summed E-state index contributed by atoms with van der Waals surface area (Å²) >= 11 is 0. The minimum absolute atomic E-state index is 0. The molecule has 0 saturated carbocycles. The van der Waals surface area contributed by atoms with Crippen LogP contribution in [0.1, 0.15) is 0 Å². The molecule has 0 aliphatic carbocycles. The van der Waals surface area contributed by atoms with Gasteiger partial charge in [-0.05, 0) is 0 Å². The van der Waals surface area contributed by atoms with Gasteiger partial charge in [0.05, 0.1) is 0 Å². The summed E-state index contributed by atoms with van der Waals surface area (Å²) in [5, 5.41) is 0.